The minimum absolute atomic E-state index is 0.223. The van der Waals surface area contributed by atoms with Gasteiger partial charge in [-0.3, -0.25) is 4.79 Å². The minimum atomic E-state index is -0.790. The number of anilines is 1. The van der Waals surface area contributed by atoms with Gasteiger partial charge in [-0.05, 0) is 30.0 Å². The van der Waals surface area contributed by atoms with Crippen LogP contribution >= 0.6 is 0 Å². The third-order valence-corrected chi connectivity index (χ3v) is 5.28. The summed E-state index contributed by atoms with van der Waals surface area (Å²) in [5.74, 6) is 0.978. The molecule has 2 aromatic carbocycles. The second kappa shape index (κ2) is 6.40. The molecule has 2 heterocycles. The molecule has 1 atom stereocenters. The average Bonchev–Trinajstić information content (AvgIpc) is 3.23. The van der Waals surface area contributed by atoms with Gasteiger partial charge in [0.1, 0.15) is 11.8 Å². The Morgan fingerprint density at radius 3 is 2.59 bits per heavy atom. The van der Waals surface area contributed by atoms with E-state index in [0.717, 1.165) is 22.4 Å². The highest BCUT2D eigenvalue weighted by atomic mass is 16.6. The highest BCUT2D eigenvalue weighted by Gasteiger charge is 2.47. The molecule has 0 unspecified atom stereocenters. The molecule has 0 aliphatic carbocycles. The molecular formula is C22H22N2O3. The quantitative estimate of drug-likeness (QED) is 0.834. The van der Waals surface area contributed by atoms with Gasteiger partial charge in [0.25, 0.3) is 5.91 Å². The predicted octanol–water partition coefficient (Wildman–Crippen LogP) is 4.01. The summed E-state index contributed by atoms with van der Waals surface area (Å²) in [6.45, 7) is 7.01. The van der Waals surface area contributed by atoms with E-state index in [1.54, 1.807) is 6.92 Å². The molecular weight excluding hydrogens is 340 g/mol. The molecule has 2 aliphatic heterocycles. The Morgan fingerprint density at radius 1 is 1.30 bits per heavy atom. The monoisotopic (exact) mass is 362 g/mol. The Kier molecular flexibility index (Phi) is 4.16. The molecule has 0 spiro atoms. The lowest BCUT2D eigenvalue weighted by atomic mass is 9.93. The van der Waals surface area contributed by atoms with E-state index in [4.69, 9.17) is 9.47 Å². The first-order valence-electron chi connectivity index (χ1n) is 9.21. The van der Waals surface area contributed by atoms with Gasteiger partial charge in [0, 0.05) is 17.5 Å². The first-order chi connectivity index (χ1) is 12.9. The summed E-state index contributed by atoms with van der Waals surface area (Å²) in [5.41, 5.74) is 4.23. The summed E-state index contributed by atoms with van der Waals surface area (Å²) in [6.07, 6.45) is 0.660. The smallest absolute Gasteiger partial charge is 0.258 e. The van der Waals surface area contributed by atoms with Crippen LogP contribution in [0.4, 0.5) is 5.69 Å². The van der Waals surface area contributed by atoms with Crippen LogP contribution < -0.4 is 10.1 Å². The van der Waals surface area contributed by atoms with Crippen LogP contribution in [-0.4, -0.2) is 24.7 Å². The number of nitriles is 1. The average molecular weight is 362 g/mol. The van der Waals surface area contributed by atoms with E-state index in [1.807, 2.05) is 6.07 Å². The molecule has 138 valence electrons. The Morgan fingerprint density at radius 2 is 2.00 bits per heavy atom. The van der Waals surface area contributed by atoms with Crippen LogP contribution in [0.2, 0.25) is 0 Å². The molecule has 4 rings (SSSR count). The number of amides is 1. The summed E-state index contributed by atoms with van der Waals surface area (Å²) in [7, 11) is 0. The van der Waals surface area contributed by atoms with Crippen LogP contribution in [0.5, 0.6) is 5.75 Å². The lowest BCUT2D eigenvalue weighted by Crippen LogP contribution is -2.28. The molecule has 0 bridgehead atoms. The number of hydrogen-bond donors (Lipinski definition) is 1. The van der Waals surface area contributed by atoms with E-state index < -0.39 is 5.60 Å². The van der Waals surface area contributed by atoms with Gasteiger partial charge >= 0.3 is 0 Å². The molecule has 1 N–H and O–H groups in total. The Hall–Kier alpha value is -2.84. The summed E-state index contributed by atoms with van der Waals surface area (Å²) in [5, 5.41) is 12.6. The van der Waals surface area contributed by atoms with Crippen LogP contribution in [0.15, 0.2) is 30.3 Å². The number of carbonyl (C=O) groups excluding carboxylic acids is 1. The van der Waals surface area contributed by atoms with Crippen molar-refractivity contribution in [3.05, 3.63) is 47.0 Å². The molecule has 2 aliphatic rings. The van der Waals surface area contributed by atoms with Crippen LogP contribution in [0.3, 0.4) is 0 Å². The highest BCUT2D eigenvalue weighted by molar-refractivity contribution is 6.01. The van der Waals surface area contributed by atoms with Crippen molar-refractivity contribution in [1.82, 2.24) is 0 Å². The Labute approximate surface area is 158 Å². The van der Waals surface area contributed by atoms with Crippen molar-refractivity contribution in [3.63, 3.8) is 0 Å². The van der Waals surface area contributed by atoms with Crippen molar-refractivity contribution in [1.29, 1.82) is 5.26 Å². The Balaban J connectivity index is 1.79. The summed E-state index contributed by atoms with van der Waals surface area (Å²) in [6, 6.07) is 12.4. The highest BCUT2D eigenvalue weighted by Crippen LogP contribution is 2.43. The van der Waals surface area contributed by atoms with E-state index in [0.29, 0.717) is 36.8 Å². The molecule has 2 aromatic rings. The number of fused-ring (bicyclic) bond motifs is 1. The predicted molar refractivity (Wildman–Crippen MR) is 103 cm³/mol. The van der Waals surface area contributed by atoms with Gasteiger partial charge in [0.2, 0.25) is 0 Å². The first kappa shape index (κ1) is 17.6. The van der Waals surface area contributed by atoms with Crippen molar-refractivity contribution in [2.45, 2.75) is 38.7 Å². The molecule has 5 nitrogen and oxygen atoms in total. The van der Waals surface area contributed by atoms with E-state index in [9.17, 15) is 10.1 Å². The third kappa shape index (κ3) is 3.07. The number of benzene rings is 2. The van der Waals surface area contributed by atoms with Crippen LogP contribution in [-0.2, 0) is 16.0 Å². The molecule has 0 radical (unpaired) electrons. The number of hydrogen-bond acceptors (Lipinski definition) is 4. The van der Waals surface area contributed by atoms with Crippen molar-refractivity contribution >= 4 is 11.6 Å². The number of nitrogens with zero attached hydrogens (tertiary/aromatic N) is 1. The maximum Gasteiger partial charge on any atom is 0.258 e. The van der Waals surface area contributed by atoms with E-state index in [1.165, 1.54) is 5.56 Å². The molecule has 0 saturated carbocycles. The fourth-order valence-electron chi connectivity index (χ4n) is 3.36. The van der Waals surface area contributed by atoms with Gasteiger partial charge in [-0.15, -0.1) is 0 Å². The van der Waals surface area contributed by atoms with Gasteiger partial charge in [-0.25, -0.2) is 0 Å². The molecule has 5 heteroatoms. The van der Waals surface area contributed by atoms with E-state index in [-0.39, 0.29) is 5.91 Å². The maximum atomic E-state index is 12.5. The van der Waals surface area contributed by atoms with E-state index in [2.05, 4.69) is 49.5 Å². The second-order valence-electron chi connectivity index (χ2n) is 7.61. The van der Waals surface area contributed by atoms with Crippen molar-refractivity contribution in [3.8, 4) is 22.9 Å². The first-order valence-corrected chi connectivity index (χ1v) is 9.21. The fourth-order valence-corrected chi connectivity index (χ4v) is 3.36. The number of nitrogens with one attached hydrogen (secondary N) is 1. The van der Waals surface area contributed by atoms with Crippen molar-refractivity contribution in [2.75, 3.05) is 18.5 Å². The number of rotatable bonds is 4. The summed E-state index contributed by atoms with van der Waals surface area (Å²) in [4.78, 5) is 12.5. The second-order valence-corrected chi connectivity index (χ2v) is 7.61. The molecule has 0 aromatic heterocycles. The topological polar surface area (TPSA) is 74.7 Å². The van der Waals surface area contributed by atoms with Gasteiger partial charge < -0.3 is 14.8 Å². The minimum Gasteiger partial charge on any atom is -0.492 e. The van der Waals surface area contributed by atoms with Gasteiger partial charge in [0.05, 0.1) is 24.5 Å². The lowest BCUT2D eigenvalue weighted by molar-refractivity contribution is -0.120. The van der Waals surface area contributed by atoms with Crippen LogP contribution in [0, 0.1) is 11.3 Å². The number of epoxide rings is 1. The fraction of sp³-hybridized carbons (Fsp3) is 0.364. The lowest BCUT2D eigenvalue weighted by Gasteiger charge is -2.16. The third-order valence-electron chi connectivity index (χ3n) is 5.28. The number of ether oxygens (including phenoxy) is 2. The number of carbonyl (C=O) groups is 1. The largest absolute Gasteiger partial charge is 0.492 e. The molecule has 27 heavy (non-hydrogen) atoms. The zero-order valence-corrected chi connectivity index (χ0v) is 15.8. The molecule has 1 saturated heterocycles. The van der Waals surface area contributed by atoms with Crippen LogP contribution in [0.1, 0.15) is 43.4 Å². The molecule has 1 fully saturated rings. The Bertz CT molecular complexity index is 951. The van der Waals surface area contributed by atoms with E-state index >= 15 is 0 Å². The van der Waals surface area contributed by atoms with Gasteiger partial charge in [-0.1, -0.05) is 38.1 Å². The standard InChI is InChI=1S/C22H22N2O3/c1-13(2)14-4-6-15(7-5-14)17-10-19(24-21(25)22(3)12-27-22)18(11-23)16-8-9-26-20(16)17/h4-7,10,13H,8-9,12H2,1-3H3,(H,24,25)/t22-/m0/s1. The van der Waals surface area contributed by atoms with Crippen molar-refractivity contribution < 1.29 is 14.3 Å². The SMILES string of the molecule is CC(C)c1ccc(-c2cc(NC(=O)[C@]3(C)CO3)c(C#N)c3c2OCC3)cc1. The maximum absolute atomic E-state index is 12.5. The summed E-state index contributed by atoms with van der Waals surface area (Å²) >= 11 is 0. The molecule has 1 amide bonds. The van der Waals surface area contributed by atoms with Crippen molar-refractivity contribution in [2.24, 2.45) is 0 Å². The zero-order chi connectivity index (χ0) is 19.2. The summed E-state index contributed by atoms with van der Waals surface area (Å²) < 4.78 is 11.1. The van der Waals surface area contributed by atoms with Gasteiger partial charge in [-0.2, -0.15) is 5.26 Å². The zero-order valence-electron chi connectivity index (χ0n) is 15.8. The van der Waals surface area contributed by atoms with Gasteiger partial charge in [0.15, 0.2) is 5.60 Å². The normalized spacial score (nSPS) is 20.0. The van der Waals surface area contributed by atoms with Crippen LogP contribution in [0.25, 0.3) is 11.1 Å².